The van der Waals surface area contributed by atoms with Crippen LogP contribution in [0.4, 0.5) is 0 Å². The van der Waals surface area contributed by atoms with E-state index in [0.29, 0.717) is 0 Å². The standard InChI is InChI=1S/C12H22N2S2/c1-4-7-14(3)8-5-6-13-10-9(2)11(15)12(10)16/h11,13,15H,4-8H2,1-3H3. The first kappa shape index (κ1) is 14.0. The topological polar surface area (TPSA) is 15.3 Å². The van der Waals surface area contributed by atoms with Crippen molar-refractivity contribution in [1.29, 1.82) is 0 Å². The average molecular weight is 258 g/mol. The van der Waals surface area contributed by atoms with Crippen LogP contribution in [0, 0.1) is 0 Å². The number of thiol groups is 1. The third-order valence-electron chi connectivity index (χ3n) is 2.92. The summed E-state index contributed by atoms with van der Waals surface area (Å²) < 4.78 is 0. The third-order valence-corrected chi connectivity index (χ3v) is 4.18. The summed E-state index contributed by atoms with van der Waals surface area (Å²) in [6.45, 7) is 7.63. The molecule has 0 bridgehead atoms. The van der Waals surface area contributed by atoms with Crippen molar-refractivity contribution in [2.24, 2.45) is 0 Å². The van der Waals surface area contributed by atoms with Crippen LogP contribution in [0.1, 0.15) is 26.7 Å². The van der Waals surface area contributed by atoms with Crippen molar-refractivity contribution in [3.8, 4) is 0 Å². The number of nitrogens with one attached hydrogen (secondary N) is 1. The summed E-state index contributed by atoms with van der Waals surface area (Å²) in [7, 11) is 2.17. The van der Waals surface area contributed by atoms with E-state index in [4.69, 9.17) is 12.2 Å². The molecule has 1 unspecified atom stereocenters. The first-order valence-electron chi connectivity index (χ1n) is 5.93. The maximum atomic E-state index is 5.24. The number of rotatable bonds is 7. The van der Waals surface area contributed by atoms with Crippen LogP contribution in [-0.4, -0.2) is 41.7 Å². The lowest BCUT2D eigenvalue weighted by atomic mass is 9.94. The minimum absolute atomic E-state index is 0.209. The highest BCUT2D eigenvalue weighted by Crippen LogP contribution is 2.28. The molecule has 2 nitrogen and oxygen atoms in total. The normalized spacial score (nSPS) is 20.3. The summed E-state index contributed by atoms with van der Waals surface area (Å²) in [6.07, 6.45) is 2.38. The molecule has 0 amide bonds. The molecule has 1 N–H and O–H groups in total. The maximum Gasteiger partial charge on any atom is 0.0619 e. The smallest absolute Gasteiger partial charge is 0.0619 e. The predicted molar refractivity (Wildman–Crippen MR) is 78.5 cm³/mol. The Labute approximate surface area is 110 Å². The molecule has 4 heteroatoms. The maximum absolute atomic E-state index is 5.24. The van der Waals surface area contributed by atoms with E-state index in [-0.39, 0.29) is 5.25 Å². The fourth-order valence-electron chi connectivity index (χ4n) is 1.87. The zero-order valence-corrected chi connectivity index (χ0v) is 12.1. The van der Waals surface area contributed by atoms with Gasteiger partial charge in [-0.2, -0.15) is 12.6 Å². The van der Waals surface area contributed by atoms with Crippen molar-refractivity contribution in [2.75, 3.05) is 26.7 Å². The van der Waals surface area contributed by atoms with Gasteiger partial charge in [0.15, 0.2) is 0 Å². The monoisotopic (exact) mass is 258 g/mol. The molecule has 1 aliphatic rings. The minimum atomic E-state index is 0.209. The fourth-order valence-corrected chi connectivity index (χ4v) is 2.54. The van der Waals surface area contributed by atoms with Gasteiger partial charge < -0.3 is 10.2 Å². The Morgan fingerprint density at radius 2 is 2.12 bits per heavy atom. The van der Waals surface area contributed by atoms with E-state index in [1.165, 1.54) is 18.5 Å². The second-order valence-electron chi connectivity index (χ2n) is 4.41. The van der Waals surface area contributed by atoms with Crippen LogP contribution in [-0.2, 0) is 0 Å². The van der Waals surface area contributed by atoms with Crippen LogP contribution >= 0.6 is 24.8 Å². The van der Waals surface area contributed by atoms with Gasteiger partial charge in [0.2, 0.25) is 0 Å². The van der Waals surface area contributed by atoms with Crippen LogP contribution in [0.5, 0.6) is 0 Å². The van der Waals surface area contributed by atoms with Gasteiger partial charge in [0.05, 0.1) is 15.8 Å². The highest BCUT2D eigenvalue weighted by atomic mass is 32.1. The molecule has 0 aromatic rings. The van der Waals surface area contributed by atoms with E-state index >= 15 is 0 Å². The number of allylic oxidation sites excluding steroid dienone is 1. The molecule has 0 saturated carbocycles. The third kappa shape index (κ3) is 3.47. The van der Waals surface area contributed by atoms with Crippen molar-refractivity contribution >= 4 is 29.7 Å². The quantitative estimate of drug-likeness (QED) is 0.414. The zero-order valence-electron chi connectivity index (χ0n) is 10.4. The predicted octanol–water partition coefficient (Wildman–Crippen LogP) is 2.26. The van der Waals surface area contributed by atoms with E-state index in [2.05, 4.69) is 43.7 Å². The minimum Gasteiger partial charge on any atom is -0.384 e. The van der Waals surface area contributed by atoms with Crippen LogP contribution in [0.2, 0.25) is 0 Å². The fraction of sp³-hybridized carbons (Fsp3) is 0.750. The molecule has 0 saturated heterocycles. The Morgan fingerprint density at radius 3 is 2.69 bits per heavy atom. The van der Waals surface area contributed by atoms with Crippen LogP contribution < -0.4 is 5.32 Å². The molecule has 0 spiro atoms. The Hall–Kier alpha value is -0.0600. The summed E-state index contributed by atoms with van der Waals surface area (Å²) in [5.41, 5.74) is 2.45. The van der Waals surface area contributed by atoms with Crippen LogP contribution in [0.15, 0.2) is 11.3 Å². The summed E-state index contributed by atoms with van der Waals surface area (Å²) in [6, 6.07) is 0. The van der Waals surface area contributed by atoms with Gasteiger partial charge in [0, 0.05) is 6.54 Å². The van der Waals surface area contributed by atoms with Crippen molar-refractivity contribution in [3.63, 3.8) is 0 Å². The summed E-state index contributed by atoms with van der Waals surface area (Å²) in [5.74, 6) is 0. The molecule has 1 atom stereocenters. The van der Waals surface area contributed by atoms with Crippen LogP contribution in [0.25, 0.3) is 0 Å². The van der Waals surface area contributed by atoms with E-state index in [9.17, 15) is 0 Å². The van der Waals surface area contributed by atoms with Crippen molar-refractivity contribution in [2.45, 2.75) is 31.9 Å². The zero-order chi connectivity index (χ0) is 12.1. The molecular formula is C12H22N2S2. The molecule has 0 aromatic heterocycles. The summed E-state index contributed by atoms with van der Waals surface area (Å²) >= 11 is 9.63. The Morgan fingerprint density at radius 1 is 1.44 bits per heavy atom. The van der Waals surface area contributed by atoms with Gasteiger partial charge in [-0.3, -0.25) is 0 Å². The van der Waals surface area contributed by atoms with Crippen molar-refractivity contribution in [1.82, 2.24) is 10.2 Å². The summed E-state index contributed by atoms with van der Waals surface area (Å²) in [5, 5.41) is 3.62. The van der Waals surface area contributed by atoms with E-state index in [1.54, 1.807) is 0 Å². The molecule has 0 aromatic carbocycles. The van der Waals surface area contributed by atoms with E-state index in [0.717, 1.165) is 30.1 Å². The van der Waals surface area contributed by atoms with Gasteiger partial charge in [-0.15, -0.1) is 0 Å². The second-order valence-corrected chi connectivity index (χ2v) is 5.36. The van der Waals surface area contributed by atoms with E-state index < -0.39 is 0 Å². The van der Waals surface area contributed by atoms with Crippen molar-refractivity contribution in [3.05, 3.63) is 11.3 Å². The lowest BCUT2D eigenvalue weighted by molar-refractivity contribution is 0.329. The van der Waals surface area contributed by atoms with Gasteiger partial charge in [-0.25, -0.2) is 0 Å². The van der Waals surface area contributed by atoms with Gasteiger partial charge in [-0.05, 0) is 45.5 Å². The van der Waals surface area contributed by atoms with Crippen molar-refractivity contribution < 1.29 is 0 Å². The number of hydrogen-bond acceptors (Lipinski definition) is 4. The summed E-state index contributed by atoms with van der Waals surface area (Å²) in [4.78, 5) is 3.34. The molecule has 0 aliphatic heterocycles. The first-order valence-corrected chi connectivity index (χ1v) is 6.85. The van der Waals surface area contributed by atoms with Gasteiger partial charge >= 0.3 is 0 Å². The Bertz CT molecular complexity index is 287. The van der Waals surface area contributed by atoms with Gasteiger partial charge in [0.1, 0.15) is 0 Å². The van der Waals surface area contributed by atoms with Gasteiger partial charge in [0.25, 0.3) is 0 Å². The molecular weight excluding hydrogens is 236 g/mol. The molecule has 0 radical (unpaired) electrons. The number of nitrogens with zero attached hydrogens (tertiary/aromatic N) is 1. The first-order chi connectivity index (χ1) is 7.57. The molecule has 16 heavy (non-hydrogen) atoms. The highest BCUT2D eigenvalue weighted by Gasteiger charge is 2.28. The van der Waals surface area contributed by atoms with Gasteiger partial charge in [-0.1, -0.05) is 19.1 Å². The highest BCUT2D eigenvalue weighted by molar-refractivity contribution is 7.87. The van der Waals surface area contributed by atoms with E-state index in [1.807, 2.05) is 0 Å². The largest absolute Gasteiger partial charge is 0.384 e. The molecule has 92 valence electrons. The lowest BCUT2D eigenvalue weighted by Crippen LogP contribution is -2.38. The molecule has 0 fully saturated rings. The Kier molecular flexibility index (Phi) is 5.79. The van der Waals surface area contributed by atoms with Crippen LogP contribution in [0.3, 0.4) is 0 Å². The number of thiocarbonyl (C=S) groups is 1. The SMILES string of the molecule is CCCN(C)CCCNC1=C(C)C(S)C1=S. The molecule has 1 aliphatic carbocycles. The number of hydrogen-bond donors (Lipinski definition) is 2. The Balaban J connectivity index is 2.15. The lowest BCUT2D eigenvalue weighted by Gasteiger charge is -2.30. The second kappa shape index (κ2) is 6.62. The molecule has 1 rings (SSSR count). The average Bonchev–Trinajstić information content (AvgIpc) is 2.28. The molecule has 0 heterocycles.